The fourth-order valence-electron chi connectivity index (χ4n) is 1.89. The summed E-state index contributed by atoms with van der Waals surface area (Å²) in [5.41, 5.74) is 1.22. The van der Waals surface area contributed by atoms with Crippen LogP contribution in [0.3, 0.4) is 0 Å². The minimum Gasteiger partial charge on any atom is -0.456 e. The molecule has 0 spiro atoms. The normalized spacial score (nSPS) is 14.6. The standard InChI is InChI=1S/C13H16FNO2/c1-13(2,3)17-12(16)8-4-5-11(14)10-7-15-6-9(8)10/h4-5,15H,6-7H2,1-3H3. The Labute approximate surface area is 100.0 Å². The predicted molar refractivity (Wildman–Crippen MR) is 62.1 cm³/mol. The summed E-state index contributed by atoms with van der Waals surface area (Å²) in [4.78, 5) is 12.0. The van der Waals surface area contributed by atoms with E-state index in [0.717, 1.165) is 5.56 Å². The maximum Gasteiger partial charge on any atom is 0.338 e. The second-order valence-electron chi connectivity index (χ2n) is 5.16. The minimum atomic E-state index is -0.537. The third-order valence-electron chi connectivity index (χ3n) is 2.60. The fraction of sp³-hybridized carbons (Fsp3) is 0.462. The van der Waals surface area contributed by atoms with Gasteiger partial charge in [0, 0.05) is 18.7 Å². The van der Waals surface area contributed by atoms with Gasteiger partial charge in [-0.2, -0.15) is 0 Å². The van der Waals surface area contributed by atoms with Gasteiger partial charge < -0.3 is 10.1 Å². The van der Waals surface area contributed by atoms with Crippen molar-refractivity contribution >= 4 is 5.97 Å². The molecule has 4 heteroatoms. The summed E-state index contributed by atoms with van der Waals surface area (Å²) in [6.45, 7) is 6.42. The molecule has 2 rings (SSSR count). The molecule has 0 aromatic heterocycles. The van der Waals surface area contributed by atoms with E-state index in [1.165, 1.54) is 12.1 Å². The van der Waals surface area contributed by atoms with E-state index in [4.69, 9.17) is 4.74 Å². The molecule has 0 saturated carbocycles. The number of esters is 1. The molecule has 1 aliphatic rings. The maximum absolute atomic E-state index is 13.5. The van der Waals surface area contributed by atoms with Crippen molar-refractivity contribution in [3.63, 3.8) is 0 Å². The molecule has 0 unspecified atom stereocenters. The van der Waals surface area contributed by atoms with Gasteiger partial charge in [-0.25, -0.2) is 9.18 Å². The molecular formula is C13H16FNO2. The summed E-state index contributed by atoms with van der Waals surface area (Å²) in [6.07, 6.45) is 0. The lowest BCUT2D eigenvalue weighted by atomic mass is 10.0. The molecule has 1 aliphatic heterocycles. The van der Waals surface area contributed by atoms with Crippen molar-refractivity contribution in [2.24, 2.45) is 0 Å². The first-order valence-corrected chi connectivity index (χ1v) is 5.63. The highest BCUT2D eigenvalue weighted by atomic mass is 19.1. The average Bonchev–Trinajstić information content (AvgIpc) is 2.64. The Morgan fingerprint density at radius 1 is 1.29 bits per heavy atom. The van der Waals surface area contributed by atoms with Crippen molar-refractivity contribution < 1.29 is 13.9 Å². The van der Waals surface area contributed by atoms with E-state index in [2.05, 4.69) is 5.32 Å². The van der Waals surface area contributed by atoms with Crippen molar-refractivity contribution in [1.82, 2.24) is 5.32 Å². The third kappa shape index (κ3) is 2.47. The summed E-state index contributed by atoms with van der Waals surface area (Å²) in [5, 5.41) is 3.04. The lowest BCUT2D eigenvalue weighted by molar-refractivity contribution is 0.00683. The van der Waals surface area contributed by atoms with Gasteiger partial charge in [0.2, 0.25) is 0 Å². The zero-order chi connectivity index (χ0) is 12.6. The van der Waals surface area contributed by atoms with Crippen LogP contribution in [0.25, 0.3) is 0 Å². The molecule has 0 aliphatic carbocycles. The van der Waals surface area contributed by atoms with Crippen LogP contribution >= 0.6 is 0 Å². The molecule has 1 aromatic carbocycles. The van der Waals surface area contributed by atoms with Crippen molar-refractivity contribution in [2.45, 2.75) is 39.5 Å². The largest absolute Gasteiger partial charge is 0.456 e. The van der Waals surface area contributed by atoms with E-state index in [1.54, 1.807) is 0 Å². The minimum absolute atomic E-state index is 0.266. The number of ether oxygens (including phenoxy) is 1. The summed E-state index contributed by atoms with van der Waals surface area (Å²) < 4.78 is 18.8. The molecule has 0 saturated heterocycles. The van der Waals surface area contributed by atoms with Gasteiger partial charge in [0.1, 0.15) is 11.4 Å². The monoisotopic (exact) mass is 237 g/mol. The van der Waals surface area contributed by atoms with Gasteiger partial charge in [-0.15, -0.1) is 0 Å². The third-order valence-corrected chi connectivity index (χ3v) is 2.60. The van der Waals surface area contributed by atoms with Crippen LogP contribution in [0.5, 0.6) is 0 Å². The van der Waals surface area contributed by atoms with Gasteiger partial charge in [0.25, 0.3) is 0 Å². The topological polar surface area (TPSA) is 38.3 Å². The van der Waals surface area contributed by atoms with Crippen molar-refractivity contribution in [1.29, 1.82) is 0 Å². The number of nitrogens with one attached hydrogen (secondary N) is 1. The first-order valence-electron chi connectivity index (χ1n) is 5.63. The Morgan fingerprint density at radius 3 is 2.59 bits per heavy atom. The lowest BCUT2D eigenvalue weighted by Gasteiger charge is -2.20. The van der Waals surface area contributed by atoms with E-state index < -0.39 is 11.6 Å². The number of benzene rings is 1. The predicted octanol–water partition coefficient (Wildman–Crippen LogP) is 2.38. The van der Waals surface area contributed by atoms with Crippen LogP contribution in [0.2, 0.25) is 0 Å². The van der Waals surface area contributed by atoms with Crippen LogP contribution in [0.4, 0.5) is 4.39 Å². The highest BCUT2D eigenvalue weighted by molar-refractivity contribution is 5.92. The van der Waals surface area contributed by atoms with E-state index in [1.807, 2.05) is 20.8 Å². The Kier molecular flexibility index (Phi) is 2.91. The SMILES string of the molecule is CC(C)(C)OC(=O)c1ccc(F)c2c1CNC2. The van der Waals surface area contributed by atoms with Crippen molar-refractivity contribution in [2.75, 3.05) is 0 Å². The molecule has 92 valence electrons. The van der Waals surface area contributed by atoms with E-state index >= 15 is 0 Å². The number of fused-ring (bicyclic) bond motifs is 1. The summed E-state index contributed by atoms with van der Waals surface area (Å²) in [7, 11) is 0. The van der Waals surface area contributed by atoms with Crippen molar-refractivity contribution in [3.8, 4) is 0 Å². The van der Waals surface area contributed by atoms with E-state index in [-0.39, 0.29) is 5.82 Å². The van der Waals surface area contributed by atoms with Gasteiger partial charge in [0.05, 0.1) is 5.56 Å². The van der Waals surface area contributed by atoms with Crippen molar-refractivity contribution in [3.05, 3.63) is 34.6 Å². The van der Waals surface area contributed by atoms with Gasteiger partial charge in [0.15, 0.2) is 0 Å². The fourth-order valence-corrected chi connectivity index (χ4v) is 1.89. The van der Waals surface area contributed by atoms with E-state index in [0.29, 0.717) is 24.2 Å². The summed E-state index contributed by atoms with van der Waals surface area (Å²) >= 11 is 0. The molecular weight excluding hydrogens is 221 g/mol. The van der Waals surface area contributed by atoms with Gasteiger partial charge in [-0.3, -0.25) is 0 Å². The Bertz CT molecular complexity index is 463. The first-order chi connectivity index (χ1) is 7.88. The van der Waals surface area contributed by atoms with Gasteiger partial charge >= 0.3 is 5.97 Å². The van der Waals surface area contributed by atoms with Crippen LogP contribution in [0, 0.1) is 5.82 Å². The Morgan fingerprint density at radius 2 is 1.94 bits per heavy atom. The van der Waals surface area contributed by atoms with Crippen LogP contribution in [-0.2, 0) is 17.8 Å². The summed E-state index contributed by atoms with van der Waals surface area (Å²) in [6, 6.07) is 2.82. The molecule has 1 N–H and O–H groups in total. The first kappa shape index (κ1) is 12.0. The highest BCUT2D eigenvalue weighted by Gasteiger charge is 2.25. The van der Waals surface area contributed by atoms with Gasteiger partial charge in [-0.05, 0) is 38.5 Å². The second-order valence-corrected chi connectivity index (χ2v) is 5.16. The zero-order valence-electron chi connectivity index (χ0n) is 10.3. The molecule has 17 heavy (non-hydrogen) atoms. The summed E-state index contributed by atoms with van der Waals surface area (Å²) in [5.74, 6) is -0.658. The second kappa shape index (κ2) is 4.11. The molecule has 3 nitrogen and oxygen atoms in total. The zero-order valence-corrected chi connectivity index (χ0v) is 10.3. The number of rotatable bonds is 1. The Balaban J connectivity index is 2.34. The van der Waals surface area contributed by atoms with Crippen LogP contribution < -0.4 is 5.32 Å². The van der Waals surface area contributed by atoms with E-state index in [9.17, 15) is 9.18 Å². The van der Waals surface area contributed by atoms with Crippen LogP contribution in [0.1, 0.15) is 42.3 Å². The number of carbonyl (C=O) groups is 1. The smallest absolute Gasteiger partial charge is 0.338 e. The molecule has 0 fully saturated rings. The molecule has 0 bridgehead atoms. The molecule has 0 atom stereocenters. The van der Waals surface area contributed by atoms with Crippen LogP contribution in [-0.4, -0.2) is 11.6 Å². The lowest BCUT2D eigenvalue weighted by Crippen LogP contribution is -2.24. The van der Waals surface area contributed by atoms with Gasteiger partial charge in [-0.1, -0.05) is 0 Å². The average molecular weight is 237 g/mol. The number of halogens is 1. The highest BCUT2D eigenvalue weighted by Crippen LogP contribution is 2.24. The quantitative estimate of drug-likeness (QED) is 0.762. The number of hydrogen-bond donors (Lipinski definition) is 1. The number of carbonyl (C=O) groups excluding carboxylic acids is 1. The molecule has 0 amide bonds. The molecule has 1 heterocycles. The number of hydrogen-bond acceptors (Lipinski definition) is 3. The Hall–Kier alpha value is -1.42. The molecule has 0 radical (unpaired) electrons. The maximum atomic E-state index is 13.5. The van der Waals surface area contributed by atoms with Crippen LogP contribution in [0.15, 0.2) is 12.1 Å². The molecule has 1 aromatic rings.